The fraction of sp³-hybridized carbons (Fsp3) is 0.111. The molecule has 1 heterocycles. The van der Waals surface area contributed by atoms with Gasteiger partial charge in [-0.1, -0.05) is 48.0 Å². The van der Waals surface area contributed by atoms with Crippen molar-refractivity contribution in [2.24, 2.45) is 0 Å². The Morgan fingerprint density at radius 1 is 1.12 bits per heavy atom. The third-order valence-corrected chi connectivity index (χ3v) is 4.98. The van der Waals surface area contributed by atoms with Crippen LogP contribution in [0, 0.1) is 6.92 Å². The van der Waals surface area contributed by atoms with Crippen molar-refractivity contribution in [3.63, 3.8) is 0 Å². The van der Waals surface area contributed by atoms with Crippen LogP contribution in [0.2, 0.25) is 5.02 Å². The Hall–Kier alpha value is -2.24. The third-order valence-electron chi connectivity index (χ3n) is 3.67. The maximum Gasteiger partial charge on any atom is 0.295 e. The van der Waals surface area contributed by atoms with E-state index in [4.69, 9.17) is 11.6 Å². The molecule has 0 bridgehead atoms. The largest absolute Gasteiger partial charge is 0.367 e. The van der Waals surface area contributed by atoms with Crippen molar-refractivity contribution >= 4 is 46.3 Å². The summed E-state index contributed by atoms with van der Waals surface area (Å²) in [6.45, 7) is 1.99. The van der Waals surface area contributed by atoms with Crippen LogP contribution in [0.3, 0.4) is 0 Å². The van der Waals surface area contributed by atoms with E-state index in [0.29, 0.717) is 9.93 Å². The van der Waals surface area contributed by atoms with Gasteiger partial charge in [0.25, 0.3) is 11.1 Å². The first-order chi connectivity index (χ1) is 11.6. The Labute approximate surface area is 149 Å². The average Bonchev–Trinajstić information content (AvgIpc) is 2.84. The van der Waals surface area contributed by atoms with Crippen molar-refractivity contribution < 1.29 is 9.59 Å². The maximum absolute atomic E-state index is 12.4. The van der Waals surface area contributed by atoms with Crippen molar-refractivity contribution in [2.45, 2.75) is 6.92 Å². The van der Waals surface area contributed by atoms with Gasteiger partial charge in [0, 0.05) is 10.7 Å². The number of anilines is 1. The molecule has 1 aliphatic heterocycles. The molecule has 0 saturated carbocycles. The molecule has 4 nitrogen and oxygen atoms in total. The summed E-state index contributed by atoms with van der Waals surface area (Å²) >= 11 is 7.03. The number of amides is 2. The number of rotatable bonds is 4. The highest BCUT2D eigenvalue weighted by Gasteiger charge is 2.34. The van der Waals surface area contributed by atoms with Crippen molar-refractivity contribution in [3.8, 4) is 0 Å². The number of imide groups is 1. The standard InChI is InChI=1S/C18H15ClN2O2S/c1-12-14(19)8-5-9-15(12)20-11-21-17(22)16(24-18(21)23)10-13-6-3-2-4-7-13/h2-10,20H,11H2,1H3/b16-10+. The summed E-state index contributed by atoms with van der Waals surface area (Å²) in [6.07, 6.45) is 1.73. The molecule has 0 atom stereocenters. The highest BCUT2D eigenvalue weighted by molar-refractivity contribution is 8.18. The highest BCUT2D eigenvalue weighted by atomic mass is 35.5. The minimum absolute atomic E-state index is 0.109. The lowest BCUT2D eigenvalue weighted by Crippen LogP contribution is -2.33. The monoisotopic (exact) mass is 358 g/mol. The van der Waals surface area contributed by atoms with Gasteiger partial charge in [-0.3, -0.25) is 14.5 Å². The molecule has 0 spiro atoms. The second kappa shape index (κ2) is 7.11. The van der Waals surface area contributed by atoms with Gasteiger partial charge in [-0.05, 0) is 48.0 Å². The zero-order valence-electron chi connectivity index (χ0n) is 13.0. The molecule has 1 saturated heterocycles. The van der Waals surface area contributed by atoms with E-state index in [-0.39, 0.29) is 17.8 Å². The number of hydrogen-bond acceptors (Lipinski definition) is 4. The number of thioether (sulfide) groups is 1. The molecule has 0 aromatic heterocycles. The first kappa shape index (κ1) is 16.6. The summed E-state index contributed by atoms with van der Waals surface area (Å²) in [7, 11) is 0. The molecule has 24 heavy (non-hydrogen) atoms. The zero-order valence-corrected chi connectivity index (χ0v) is 14.5. The average molecular weight is 359 g/mol. The van der Waals surface area contributed by atoms with Crippen LogP contribution in [0.15, 0.2) is 53.4 Å². The lowest BCUT2D eigenvalue weighted by molar-refractivity contribution is -0.122. The predicted octanol–water partition coefficient (Wildman–Crippen LogP) is 4.75. The summed E-state index contributed by atoms with van der Waals surface area (Å²) in [5.41, 5.74) is 2.57. The molecule has 2 aromatic carbocycles. The van der Waals surface area contributed by atoms with Gasteiger partial charge in [-0.25, -0.2) is 0 Å². The van der Waals surface area contributed by atoms with Crippen LogP contribution in [-0.4, -0.2) is 22.7 Å². The van der Waals surface area contributed by atoms with Crippen LogP contribution in [0.25, 0.3) is 6.08 Å². The van der Waals surface area contributed by atoms with Crippen LogP contribution in [0.5, 0.6) is 0 Å². The first-order valence-corrected chi connectivity index (χ1v) is 8.55. The second-order valence-electron chi connectivity index (χ2n) is 5.27. The maximum atomic E-state index is 12.4. The van der Waals surface area contributed by atoms with E-state index >= 15 is 0 Å². The smallest absolute Gasteiger partial charge is 0.295 e. The molecule has 1 fully saturated rings. The SMILES string of the molecule is Cc1c(Cl)cccc1NCN1C(=O)S/C(=C/c2ccccc2)C1=O. The van der Waals surface area contributed by atoms with E-state index in [1.54, 1.807) is 12.1 Å². The van der Waals surface area contributed by atoms with Gasteiger partial charge in [0.15, 0.2) is 0 Å². The molecule has 0 aliphatic carbocycles. The van der Waals surface area contributed by atoms with E-state index in [1.165, 1.54) is 4.90 Å². The van der Waals surface area contributed by atoms with E-state index in [0.717, 1.165) is 28.6 Å². The van der Waals surface area contributed by atoms with Crippen molar-refractivity contribution in [1.82, 2.24) is 4.90 Å². The van der Waals surface area contributed by atoms with Gasteiger partial charge in [-0.2, -0.15) is 0 Å². The van der Waals surface area contributed by atoms with Crippen LogP contribution >= 0.6 is 23.4 Å². The lowest BCUT2D eigenvalue weighted by atomic mass is 10.2. The molecule has 0 unspecified atom stereocenters. The van der Waals surface area contributed by atoms with E-state index in [9.17, 15) is 9.59 Å². The number of carbonyl (C=O) groups excluding carboxylic acids is 2. The van der Waals surface area contributed by atoms with E-state index in [1.807, 2.05) is 49.4 Å². The summed E-state index contributed by atoms with van der Waals surface area (Å²) in [5.74, 6) is -0.291. The summed E-state index contributed by atoms with van der Waals surface area (Å²) in [5, 5.41) is 3.45. The van der Waals surface area contributed by atoms with Gasteiger partial charge in [0.05, 0.1) is 11.6 Å². The number of halogens is 1. The van der Waals surface area contributed by atoms with E-state index in [2.05, 4.69) is 5.32 Å². The van der Waals surface area contributed by atoms with Gasteiger partial charge in [-0.15, -0.1) is 0 Å². The van der Waals surface area contributed by atoms with Crippen molar-refractivity contribution in [1.29, 1.82) is 0 Å². The van der Waals surface area contributed by atoms with E-state index < -0.39 is 0 Å². The molecule has 6 heteroatoms. The Bertz CT molecular complexity index is 821. The molecule has 1 aliphatic rings. The molecular weight excluding hydrogens is 344 g/mol. The number of benzene rings is 2. The van der Waals surface area contributed by atoms with Crippen LogP contribution < -0.4 is 5.32 Å². The summed E-state index contributed by atoms with van der Waals surface area (Å²) in [6, 6.07) is 14.9. The zero-order chi connectivity index (χ0) is 17.1. The van der Waals surface area contributed by atoms with Gasteiger partial charge < -0.3 is 5.32 Å². The normalized spacial score (nSPS) is 16.1. The van der Waals surface area contributed by atoms with Gasteiger partial charge in [0.1, 0.15) is 0 Å². The minimum Gasteiger partial charge on any atom is -0.367 e. The third kappa shape index (κ3) is 3.47. The fourth-order valence-electron chi connectivity index (χ4n) is 2.30. The molecule has 0 radical (unpaired) electrons. The predicted molar refractivity (Wildman–Crippen MR) is 98.9 cm³/mol. The molecule has 2 amide bonds. The molecule has 122 valence electrons. The Balaban J connectivity index is 1.73. The minimum atomic E-state index is -0.291. The number of hydrogen-bond donors (Lipinski definition) is 1. The van der Waals surface area contributed by atoms with Crippen LogP contribution in [0.1, 0.15) is 11.1 Å². The number of nitrogens with zero attached hydrogens (tertiary/aromatic N) is 1. The van der Waals surface area contributed by atoms with Gasteiger partial charge in [0.2, 0.25) is 0 Å². The Morgan fingerprint density at radius 3 is 2.62 bits per heavy atom. The quantitative estimate of drug-likeness (QED) is 0.801. The fourth-order valence-corrected chi connectivity index (χ4v) is 3.31. The molecule has 3 rings (SSSR count). The molecule has 2 aromatic rings. The van der Waals surface area contributed by atoms with Crippen LogP contribution in [0.4, 0.5) is 10.5 Å². The summed E-state index contributed by atoms with van der Waals surface area (Å²) in [4.78, 5) is 26.2. The Morgan fingerprint density at radius 2 is 1.88 bits per heavy atom. The second-order valence-corrected chi connectivity index (χ2v) is 6.67. The Kier molecular flexibility index (Phi) is 4.92. The first-order valence-electron chi connectivity index (χ1n) is 7.35. The number of carbonyl (C=O) groups is 2. The number of nitrogens with one attached hydrogen (secondary N) is 1. The molecular formula is C18H15ClN2O2S. The topological polar surface area (TPSA) is 49.4 Å². The van der Waals surface area contributed by atoms with Crippen LogP contribution in [-0.2, 0) is 4.79 Å². The van der Waals surface area contributed by atoms with Gasteiger partial charge >= 0.3 is 0 Å². The molecule has 1 N–H and O–H groups in total. The lowest BCUT2D eigenvalue weighted by Gasteiger charge is -2.16. The summed E-state index contributed by atoms with van der Waals surface area (Å²) < 4.78 is 0. The van der Waals surface area contributed by atoms with Crippen molar-refractivity contribution in [2.75, 3.05) is 12.0 Å². The van der Waals surface area contributed by atoms with Crippen molar-refractivity contribution in [3.05, 3.63) is 69.6 Å². The highest BCUT2D eigenvalue weighted by Crippen LogP contribution is 2.32.